The van der Waals surface area contributed by atoms with Crippen LogP contribution in [0.5, 0.6) is 0 Å². The van der Waals surface area contributed by atoms with Crippen LogP contribution >= 0.6 is 11.8 Å². The molecule has 31 heavy (non-hydrogen) atoms. The predicted molar refractivity (Wildman–Crippen MR) is 121 cm³/mol. The highest BCUT2D eigenvalue weighted by Crippen LogP contribution is 2.21. The number of carbonyl (C=O) groups is 1. The fourth-order valence-electron chi connectivity index (χ4n) is 3.10. The lowest BCUT2D eigenvalue weighted by Gasteiger charge is -2.07. The van der Waals surface area contributed by atoms with E-state index in [1.165, 1.54) is 29.5 Å². The number of halogens is 1. The molecule has 0 saturated heterocycles. The van der Waals surface area contributed by atoms with Gasteiger partial charge in [0.1, 0.15) is 10.8 Å². The molecule has 4 rings (SSSR count). The molecule has 2 heterocycles. The van der Waals surface area contributed by atoms with E-state index >= 15 is 0 Å². The molecule has 0 aliphatic rings. The summed E-state index contributed by atoms with van der Waals surface area (Å²) in [6.07, 6.45) is 3.38. The number of aryl methyl sites for hydroxylation is 1. The van der Waals surface area contributed by atoms with Crippen LogP contribution in [0.3, 0.4) is 0 Å². The van der Waals surface area contributed by atoms with Gasteiger partial charge in [-0.1, -0.05) is 37.2 Å². The standard InChI is InChI=1S/C23H22FN5OS/c1-2-3-4-16-5-11-19(12-6-16)25-21(30)15-31-22-14-13-20-26-27-23(29(20)28-22)17-7-9-18(24)10-8-17/h5-14H,2-4,15H2,1H3,(H,25,30). The van der Waals surface area contributed by atoms with Crippen molar-refractivity contribution in [1.82, 2.24) is 19.8 Å². The summed E-state index contributed by atoms with van der Waals surface area (Å²) < 4.78 is 14.8. The molecule has 0 spiro atoms. The van der Waals surface area contributed by atoms with Gasteiger partial charge >= 0.3 is 0 Å². The average molecular weight is 436 g/mol. The van der Waals surface area contributed by atoms with Crippen molar-refractivity contribution in [2.75, 3.05) is 11.1 Å². The number of unbranched alkanes of at least 4 members (excludes halogenated alkanes) is 1. The topological polar surface area (TPSA) is 72.2 Å². The normalized spacial score (nSPS) is 11.0. The van der Waals surface area contributed by atoms with Crippen molar-refractivity contribution in [3.63, 3.8) is 0 Å². The summed E-state index contributed by atoms with van der Waals surface area (Å²) in [5.74, 6) is 0.327. The zero-order valence-electron chi connectivity index (χ0n) is 17.1. The predicted octanol–water partition coefficient (Wildman–Crippen LogP) is 5.00. The van der Waals surface area contributed by atoms with E-state index in [1.807, 2.05) is 12.1 Å². The van der Waals surface area contributed by atoms with E-state index in [4.69, 9.17) is 0 Å². The smallest absolute Gasteiger partial charge is 0.234 e. The molecule has 0 fully saturated rings. The van der Waals surface area contributed by atoms with Gasteiger partial charge in [0, 0.05) is 11.3 Å². The van der Waals surface area contributed by atoms with Crippen LogP contribution in [-0.2, 0) is 11.2 Å². The summed E-state index contributed by atoms with van der Waals surface area (Å²) >= 11 is 1.33. The molecule has 4 aromatic rings. The first-order valence-electron chi connectivity index (χ1n) is 10.1. The molecule has 1 N–H and O–H groups in total. The third kappa shape index (κ3) is 5.27. The fourth-order valence-corrected chi connectivity index (χ4v) is 3.76. The summed E-state index contributed by atoms with van der Waals surface area (Å²) in [7, 11) is 0. The van der Waals surface area contributed by atoms with Gasteiger partial charge in [-0.25, -0.2) is 4.39 Å². The lowest BCUT2D eigenvalue weighted by Crippen LogP contribution is -2.14. The molecule has 0 bridgehead atoms. The number of nitrogens with zero attached hydrogens (tertiary/aromatic N) is 4. The molecule has 0 aliphatic carbocycles. The summed E-state index contributed by atoms with van der Waals surface area (Å²) in [6, 6.07) is 17.6. The Morgan fingerprint density at radius 1 is 1.03 bits per heavy atom. The Morgan fingerprint density at radius 2 is 1.81 bits per heavy atom. The highest BCUT2D eigenvalue weighted by Gasteiger charge is 2.11. The Morgan fingerprint density at radius 3 is 2.55 bits per heavy atom. The van der Waals surface area contributed by atoms with Crippen molar-refractivity contribution >= 4 is 29.0 Å². The maximum absolute atomic E-state index is 13.2. The van der Waals surface area contributed by atoms with Crippen LogP contribution < -0.4 is 5.32 Å². The molecule has 2 aromatic carbocycles. The number of hydrogen-bond donors (Lipinski definition) is 1. The number of fused-ring (bicyclic) bond motifs is 1. The van der Waals surface area contributed by atoms with Crippen LogP contribution in [-0.4, -0.2) is 31.5 Å². The van der Waals surface area contributed by atoms with Gasteiger partial charge in [-0.05, 0) is 66.9 Å². The number of thioether (sulfide) groups is 1. The summed E-state index contributed by atoms with van der Waals surface area (Å²) in [4.78, 5) is 12.3. The van der Waals surface area contributed by atoms with Crippen LogP contribution in [0.4, 0.5) is 10.1 Å². The Kier molecular flexibility index (Phi) is 6.57. The molecule has 6 nitrogen and oxygen atoms in total. The van der Waals surface area contributed by atoms with Crippen LogP contribution in [0, 0.1) is 5.82 Å². The molecular weight excluding hydrogens is 413 g/mol. The van der Waals surface area contributed by atoms with Crippen LogP contribution in [0.15, 0.2) is 65.7 Å². The van der Waals surface area contributed by atoms with E-state index in [2.05, 4.69) is 39.7 Å². The van der Waals surface area contributed by atoms with Crippen molar-refractivity contribution in [2.24, 2.45) is 0 Å². The van der Waals surface area contributed by atoms with Crippen molar-refractivity contribution in [3.8, 4) is 11.4 Å². The number of amides is 1. The first-order valence-corrected chi connectivity index (χ1v) is 11.1. The second kappa shape index (κ2) is 9.70. The molecular formula is C23H22FN5OS. The SMILES string of the molecule is CCCCc1ccc(NC(=O)CSc2ccc3nnc(-c4ccc(F)cc4)n3n2)cc1. The van der Waals surface area contributed by atoms with E-state index in [0.29, 0.717) is 22.1 Å². The quantitative estimate of drug-likeness (QED) is 0.394. The van der Waals surface area contributed by atoms with Crippen molar-refractivity contribution in [1.29, 1.82) is 0 Å². The minimum absolute atomic E-state index is 0.101. The number of aromatic nitrogens is 4. The van der Waals surface area contributed by atoms with Crippen LogP contribution in [0.2, 0.25) is 0 Å². The minimum atomic E-state index is -0.316. The Bertz CT molecular complexity index is 1180. The third-order valence-electron chi connectivity index (χ3n) is 4.75. The first kappa shape index (κ1) is 21.0. The highest BCUT2D eigenvalue weighted by atomic mass is 32.2. The van der Waals surface area contributed by atoms with Gasteiger partial charge in [-0.2, -0.15) is 9.61 Å². The summed E-state index contributed by atoms with van der Waals surface area (Å²) in [5, 5.41) is 16.4. The largest absolute Gasteiger partial charge is 0.325 e. The lowest BCUT2D eigenvalue weighted by atomic mass is 10.1. The van der Waals surface area contributed by atoms with E-state index in [0.717, 1.165) is 24.9 Å². The van der Waals surface area contributed by atoms with Crippen molar-refractivity contribution < 1.29 is 9.18 Å². The van der Waals surface area contributed by atoms with Gasteiger partial charge in [0.2, 0.25) is 5.91 Å². The lowest BCUT2D eigenvalue weighted by molar-refractivity contribution is -0.113. The maximum Gasteiger partial charge on any atom is 0.234 e. The molecule has 8 heteroatoms. The van der Waals surface area contributed by atoms with Gasteiger partial charge in [-0.3, -0.25) is 4.79 Å². The second-order valence-electron chi connectivity index (χ2n) is 7.11. The van der Waals surface area contributed by atoms with E-state index in [-0.39, 0.29) is 17.5 Å². The zero-order chi connectivity index (χ0) is 21.6. The van der Waals surface area contributed by atoms with Crippen LogP contribution in [0.1, 0.15) is 25.3 Å². The zero-order valence-corrected chi connectivity index (χ0v) is 17.9. The molecule has 1 amide bonds. The van der Waals surface area contributed by atoms with E-state index in [9.17, 15) is 9.18 Å². The molecule has 0 aliphatic heterocycles. The number of benzene rings is 2. The molecule has 0 unspecified atom stereocenters. The molecule has 0 saturated carbocycles. The van der Waals surface area contributed by atoms with Crippen molar-refractivity contribution in [3.05, 3.63) is 72.0 Å². The Labute approximate surface area is 183 Å². The van der Waals surface area contributed by atoms with Gasteiger partial charge in [-0.15, -0.1) is 10.2 Å². The van der Waals surface area contributed by atoms with Crippen molar-refractivity contribution in [2.45, 2.75) is 31.2 Å². The highest BCUT2D eigenvalue weighted by molar-refractivity contribution is 7.99. The molecule has 0 atom stereocenters. The van der Waals surface area contributed by atoms with E-state index in [1.54, 1.807) is 28.8 Å². The second-order valence-corrected chi connectivity index (χ2v) is 8.11. The number of carbonyl (C=O) groups excluding carboxylic acids is 1. The number of anilines is 1. The first-order chi connectivity index (χ1) is 15.1. The number of rotatable bonds is 8. The number of hydrogen-bond acceptors (Lipinski definition) is 5. The minimum Gasteiger partial charge on any atom is -0.325 e. The Balaban J connectivity index is 1.40. The third-order valence-corrected chi connectivity index (χ3v) is 5.67. The van der Waals surface area contributed by atoms with E-state index < -0.39 is 0 Å². The van der Waals surface area contributed by atoms with Crippen LogP contribution in [0.25, 0.3) is 17.0 Å². The van der Waals surface area contributed by atoms with Gasteiger partial charge in [0.25, 0.3) is 0 Å². The number of nitrogens with one attached hydrogen (secondary N) is 1. The monoisotopic (exact) mass is 435 g/mol. The van der Waals surface area contributed by atoms with Gasteiger partial charge < -0.3 is 5.32 Å². The van der Waals surface area contributed by atoms with Gasteiger partial charge in [0.05, 0.1) is 5.75 Å². The fraction of sp³-hybridized carbons (Fsp3) is 0.217. The molecule has 158 valence electrons. The average Bonchev–Trinajstić information content (AvgIpc) is 3.21. The molecule has 2 aromatic heterocycles. The van der Waals surface area contributed by atoms with Gasteiger partial charge in [0.15, 0.2) is 11.5 Å². The maximum atomic E-state index is 13.2. The summed E-state index contributed by atoms with van der Waals surface area (Å²) in [5.41, 5.74) is 3.35. The Hall–Kier alpha value is -3.26. The molecule has 0 radical (unpaired) electrons. The summed E-state index contributed by atoms with van der Waals surface area (Å²) in [6.45, 7) is 2.17.